The number of nitrogens with zero attached hydrogens (tertiary/aromatic N) is 1. The van der Waals surface area contributed by atoms with E-state index in [-0.39, 0.29) is 6.04 Å². The Kier molecular flexibility index (Phi) is 3.25. The van der Waals surface area contributed by atoms with Crippen molar-refractivity contribution >= 4 is 10.9 Å². The molecule has 0 aliphatic carbocycles. The first-order chi connectivity index (χ1) is 12.3. The standard InChI is InChI=1S/C23H20N2/c1-25-15-17-9-5-6-10-18(17)19-11-12-21-20(13-14-24-21)22(19)23(25)16-7-3-2-4-8-16/h2-14,23-24H,15H2,1H3. The van der Waals surface area contributed by atoms with E-state index in [1.54, 1.807) is 0 Å². The molecule has 0 saturated carbocycles. The average molecular weight is 324 g/mol. The Morgan fingerprint density at radius 3 is 2.52 bits per heavy atom. The summed E-state index contributed by atoms with van der Waals surface area (Å²) in [4.78, 5) is 5.85. The lowest BCUT2D eigenvalue weighted by molar-refractivity contribution is 0.275. The maximum Gasteiger partial charge on any atom is 0.0615 e. The van der Waals surface area contributed by atoms with Crippen molar-refractivity contribution in [3.05, 3.63) is 95.7 Å². The predicted octanol–water partition coefficient (Wildman–Crippen LogP) is 5.37. The molecule has 2 nitrogen and oxygen atoms in total. The van der Waals surface area contributed by atoms with Crippen LogP contribution in [0.4, 0.5) is 0 Å². The van der Waals surface area contributed by atoms with Gasteiger partial charge in [-0.15, -0.1) is 0 Å². The first kappa shape index (κ1) is 14.5. The second-order valence-corrected chi connectivity index (χ2v) is 6.85. The van der Waals surface area contributed by atoms with Crippen LogP contribution >= 0.6 is 0 Å². The fourth-order valence-corrected chi connectivity index (χ4v) is 4.24. The second-order valence-electron chi connectivity index (χ2n) is 6.85. The maximum absolute atomic E-state index is 3.38. The molecule has 1 aliphatic rings. The summed E-state index contributed by atoms with van der Waals surface area (Å²) in [6.07, 6.45) is 2.05. The minimum atomic E-state index is 0.239. The monoisotopic (exact) mass is 324 g/mol. The summed E-state index contributed by atoms with van der Waals surface area (Å²) in [5, 5.41) is 1.31. The van der Waals surface area contributed by atoms with Crippen molar-refractivity contribution in [2.24, 2.45) is 0 Å². The van der Waals surface area contributed by atoms with E-state index in [4.69, 9.17) is 0 Å². The zero-order chi connectivity index (χ0) is 16.8. The molecule has 4 aromatic rings. The molecule has 0 saturated heterocycles. The van der Waals surface area contributed by atoms with E-state index in [1.807, 2.05) is 6.20 Å². The number of nitrogens with one attached hydrogen (secondary N) is 1. The Bertz CT molecular complexity index is 1050. The van der Waals surface area contributed by atoms with Gasteiger partial charge in [0, 0.05) is 23.6 Å². The first-order valence-electron chi connectivity index (χ1n) is 8.76. The quantitative estimate of drug-likeness (QED) is 0.499. The Morgan fingerprint density at radius 2 is 1.64 bits per heavy atom. The SMILES string of the molecule is CN1Cc2ccccc2-c2ccc3[nH]ccc3c2C1c1ccccc1. The van der Waals surface area contributed by atoms with Crippen LogP contribution in [0.5, 0.6) is 0 Å². The van der Waals surface area contributed by atoms with Gasteiger partial charge < -0.3 is 4.98 Å². The number of fused-ring (bicyclic) bond motifs is 5. The lowest BCUT2D eigenvalue weighted by atomic mass is 9.88. The summed E-state index contributed by atoms with van der Waals surface area (Å²) in [7, 11) is 2.23. The smallest absolute Gasteiger partial charge is 0.0615 e. The van der Waals surface area contributed by atoms with Gasteiger partial charge in [0.2, 0.25) is 0 Å². The number of aromatic nitrogens is 1. The van der Waals surface area contributed by atoms with Crippen LogP contribution in [-0.2, 0) is 6.54 Å². The van der Waals surface area contributed by atoms with E-state index >= 15 is 0 Å². The fourth-order valence-electron chi connectivity index (χ4n) is 4.24. The Morgan fingerprint density at radius 1 is 0.840 bits per heavy atom. The summed E-state index contributed by atoms with van der Waals surface area (Å²) in [6, 6.07) is 26.6. The Labute approximate surface area is 147 Å². The molecule has 3 aromatic carbocycles. The van der Waals surface area contributed by atoms with Crippen molar-refractivity contribution in [3.63, 3.8) is 0 Å². The van der Waals surface area contributed by atoms with Crippen LogP contribution in [0.1, 0.15) is 22.7 Å². The lowest BCUT2D eigenvalue weighted by Gasteiger charge is -2.28. The van der Waals surface area contributed by atoms with Gasteiger partial charge in [-0.05, 0) is 47.0 Å². The molecule has 2 heteroatoms. The molecule has 0 fully saturated rings. The number of rotatable bonds is 1. The number of hydrogen-bond acceptors (Lipinski definition) is 1. The van der Waals surface area contributed by atoms with Gasteiger partial charge in [-0.25, -0.2) is 0 Å². The van der Waals surface area contributed by atoms with E-state index in [1.165, 1.54) is 38.7 Å². The highest BCUT2D eigenvalue weighted by atomic mass is 15.1. The fraction of sp³-hybridized carbons (Fsp3) is 0.130. The zero-order valence-corrected chi connectivity index (χ0v) is 14.2. The summed E-state index contributed by atoms with van der Waals surface area (Å²) in [6.45, 7) is 0.941. The Hall–Kier alpha value is -2.84. The van der Waals surface area contributed by atoms with E-state index in [0.717, 1.165) is 6.54 Å². The van der Waals surface area contributed by atoms with Gasteiger partial charge in [0.25, 0.3) is 0 Å². The summed E-state index contributed by atoms with van der Waals surface area (Å²) < 4.78 is 0. The molecule has 5 rings (SSSR count). The molecule has 1 aromatic heterocycles. The van der Waals surface area contributed by atoms with E-state index in [0.29, 0.717) is 0 Å². The summed E-state index contributed by atoms with van der Waals surface area (Å²) in [5.74, 6) is 0. The highest BCUT2D eigenvalue weighted by molar-refractivity contribution is 5.92. The van der Waals surface area contributed by atoms with Gasteiger partial charge in [-0.1, -0.05) is 60.7 Å². The van der Waals surface area contributed by atoms with Gasteiger partial charge in [-0.2, -0.15) is 0 Å². The molecule has 1 atom stereocenters. The third-order valence-electron chi connectivity index (χ3n) is 5.33. The zero-order valence-electron chi connectivity index (χ0n) is 14.2. The number of benzene rings is 3. The molecule has 0 amide bonds. The highest BCUT2D eigenvalue weighted by Crippen LogP contribution is 2.43. The van der Waals surface area contributed by atoms with E-state index < -0.39 is 0 Å². The Balaban J connectivity index is 1.88. The third-order valence-corrected chi connectivity index (χ3v) is 5.33. The van der Waals surface area contributed by atoms with Crippen LogP contribution in [0.3, 0.4) is 0 Å². The van der Waals surface area contributed by atoms with Gasteiger partial charge >= 0.3 is 0 Å². The molecular formula is C23H20N2. The minimum Gasteiger partial charge on any atom is -0.361 e. The second kappa shape index (κ2) is 5.61. The van der Waals surface area contributed by atoms with Gasteiger partial charge in [-0.3, -0.25) is 4.90 Å². The van der Waals surface area contributed by atoms with Crippen molar-refractivity contribution in [1.29, 1.82) is 0 Å². The van der Waals surface area contributed by atoms with Gasteiger partial charge in [0.15, 0.2) is 0 Å². The first-order valence-corrected chi connectivity index (χ1v) is 8.76. The lowest BCUT2D eigenvalue weighted by Crippen LogP contribution is -2.24. The molecule has 0 spiro atoms. The molecule has 0 bridgehead atoms. The number of H-pyrrole nitrogens is 1. The number of aromatic amines is 1. The van der Waals surface area contributed by atoms with Crippen molar-refractivity contribution in [3.8, 4) is 11.1 Å². The van der Waals surface area contributed by atoms with E-state index in [9.17, 15) is 0 Å². The molecule has 2 heterocycles. The molecule has 1 N–H and O–H groups in total. The highest BCUT2D eigenvalue weighted by Gasteiger charge is 2.29. The van der Waals surface area contributed by atoms with Crippen LogP contribution in [0.15, 0.2) is 79.0 Å². The van der Waals surface area contributed by atoms with Crippen LogP contribution in [0.2, 0.25) is 0 Å². The third kappa shape index (κ3) is 2.22. The molecule has 1 aliphatic heterocycles. The van der Waals surface area contributed by atoms with Crippen molar-refractivity contribution in [1.82, 2.24) is 9.88 Å². The largest absolute Gasteiger partial charge is 0.361 e. The van der Waals surface area contributed by atoms with Gasteiger partial charge in [0.05, 0.1) is 6.04 Å². The summed E-state index contributed by atoms with van der Waals surface area (Å²) in [5.41, 5.74) is 8.03. The summed E-state index contributed by atoms with van der Waals surface area (Å²) >= 11 is 0. The number of hydrogen-bond donors (Lipinski definition) is 1. The van der Waals surface area contributed by atoms with Crippen LogP contribution in [0.25, 0.3) is 22.0 Å². The average Bonchev–Trinajstić information content (AvgIpc) is 3.08. The van der Waals surface area contributed by atoms with Crippen LogP contribution < -0.4 is 0 Å². The molecular weight excluding hydrogens is 304 g/mol. The van der Waals surface area contributed by atoms with Crippen molar-refractivity contribution in [2.75, 3.05) is 7.05 Å². The maximum atomic E-state index is 3.38. The minimum absolute atomic E-state index is 0.239. The normalized spacial score (nSPS) is 17.1. The molecule has 25 heavy (non-hydrogen) atoms. The van der Waals surface area contributed by atoms with Crippen LogP contribution in [-0.4, -0.2) is 16.9 Å². The molecule has 122 valence electrons. The predicted molar refractivity (Wildman–Crippen MR) is 103 cm³/mol. The molecule has 0 radical (unpaired) electrons. The van der Waals surface area contributed by atoms with E-state index in [2.05, 4.69) is 89.7 Å². The van der Waals surface area contributed by atoms with Crippen molar-refractivity contribution in [2.45, 2.75) is 12.6 Å². The molecule has 1 unspecified atom stereocenters. The topological polar surface area (TPSA) is 19.0 Å². The van der Waals surface area contributed by atoms with Crippen LogP contribution in [0, 0.1) is 0 Å². The van der Waals surface area contributed by atoms with Crippen molar-refractivity contribution < 1.29 is 0 Å². The van der Waals surface area contributed by atoms with Gasteiger partial charge in [0.1, 0.15) is 0 Å².